The molecule has 0 unspecified atom stereocenters. The maximum Gasteiger partial charge on any atom is 0.407 e. The molecule has 1 amide bonds. The van der Waals surface area contributed by atoms with E-state index in [-0.39, 0.29) is 18.8 Å². The van der Waals surface area contributed by atoms with E-state index in [2.05, 4.69) is 5.32 Å². The van der Waals surface area contributed by atoms with Crippen LogP contribution in [0.2, 0.25) is 0 Å². The van der Waals surface area contributed by atoms with E-state index in [1.165, 1.54) is 0 Å². The number of benzene rings is 1. The number of carbonyl (C=O) groups is 1. The summed E-state index contributed by atoms with van der Waals surface area (Å²) in [6.45, 7) is 0. The number of hydrogen-bond donors (Lipinski definition) is 2. The number of nitrogens with one attached hydrogen (secondary N) is 2. The first kappa shape index (κ1) is 23.3. The number of nitriles is 1. The maximum absolute atomic E-state index is 14.4. The Morgan fingerprint density at radius 3 is 2.29 bits per heavy atom. The SMILES string of the molecule is N#CC1(NC(=O)[C@H](CC(F)(F)CC2CC2)N[C@@H](c2ccc(F)c(F)c2)C(F)(F)F)CC1. The zero-order chi connectivity index (χ0) is 23.0. The quantitative estimate of drug-likeness (QED) is 0.543. The molecule has 1 aromatic rings. The molecular formula is C20H20F7N3O. The van der Waals surface area contributed by atoms with Crippen LogP contribution in [0, 0.1) is 28.9 Å². The molecule has 31 heavy (non-hydrogen) atoms. The lowest BCUT2D eigenvalue weighted by Gasteiger charge is -2.30. The summed E-state index contributed by atoms with van der Waals surface area (Å²) in [6.07, 6.45) is -5.22. The number of rotatable bonds is 9. The molecule has 0 aliphatic heterocycles. The molecule has 170 valence electrons. The smallest absolute Gasteiger partial charge is 0.336 e. The van der Waals surface area contributed by atoms with Gasteiger partial charge in [0, 0.05) is 12.8 Å². The molecule has 3 rings (SSSR count). The summed E-state index contributed by atoms with van der Waals surface area (Å²) in [6, 6.07) is -1.46. The van der Waals surface area contributed by atoms with Crippen molar-refractivity contribution in [3.8, 4) is 6.07 Å². The van der Waals surface area contributed by atoms with Crippen LogP contribution in [0.1, 0.15) is 50.1 Å². The number of amides is 1. The van der Waals surface area contributed by atoms with Crippen molar-refractivity contribution < 1.29 is 35.5 Å². The molecule has 0 radical (unpaired) electrons. The summed E-state index contributed by atoms with van der Waals surface area (Å²) in [5.74, 6) is -7.78. The van der Waals surface area contributed by atoms with Crippen molar-refractivity contribution in [2.45, 2.75) is 68.2 Å². The number of hydrogen-bond acceptors (Lipinski definition) is 3. The fourth-order valence-electron chi connectivity index (χ4n) is 3.34. The molecule has 2 atom stereocenters. The lowest BCUT2D eigenvalue weighted by molar-refractivity contribution is -0.163. The second-order valence-electron chi connectivity index (χ2n) is 8.26. The largest absolute Gasteiger partial charge is 0.407 e. The highest BCUT2D eigenvalue weighted by molar-refractivity contribution is 5.83. The molecule has 0 saturated heterocycles. The molecule has 4 nitrogen and oxygen atoms in total. The molecule has 11 heteroatoms. The van der Waals surface area contributed by atoms with Gasteiger partial charge in [-0.1, -0.05) is 6.07 Å². The van der Waals surface area contributed by atoms with Gasteiger partial charge in [-0.2, -0.15) is 18.4 Å². The number of alkyl halides is 5. The summed E-state index contributed by atoms with van der Waals surface area (Å²) >= 11 is 0. The third-order valence-electron chi connectivity index (χ3n) is 5.40. The second-order valence-corrected chi connectivity index (χ2v) is 8.26. The van der Waals surface area contributed by atoms with E-state index in [1.54, 1.807) is 0 Å². The van der Waals surface area contributed by atoms with E-state index in [9.17, 15) is 35.5 Å². The zero-order valence-corrected chi connectivity index (χ0v) is 16.2. The van der Waals surface area contributed by atoms with Gasteiger partial charge in [0.2, 0.25) is 11.8 Å². The Morgan fingerprint density at radius 1 is 1.16 bits per heavy atom. The predicted molar refractivity (Wildman–Crippen MR) is 94.7 cm³/mol. The monoisotopic (exact) mass is 451 g/mol. The van der Waals surface area contributed by atoms with E-state index in [0.717, 1.165) is 0 Å². The Kier molecular flexibility index (Phi) is 6.24. The highest BCUT2D eigenvalue weighted by Gasteiger charge is 2.50. The lowest BCUT2D eigenvalue weighted by Crippen LogP contribution is -2.53. The Balaban J connectivity index is 1.86. The summed E-state index contributed by atoms with van der Waals surface area (Å²) in [5, 5.41) is 13.2. The van der Waals surface area contributed by atoms with Crippen LogP contribution < -0.4 is 10.6 Å². The van der Waals surface area contributed by atoms with E-state index in [1.807, 2.05) is 11.4 Å². The Labute approximate surface area is 173 Å². The fraction of sp³-hybridized carbons (Fsp3) is 0.600. The molecule has 2 saturated carbocycles. The number of nitrogens with zero attached hydrogens (tertiary/aromatic N) is 1. The first-order valence-corrected chi connectivity index (χ1v) is 9.73. The lowest BCUT2D eigenvalue weighted by atomic mass is 9.99. The van der Waals surface area contributed by atoms with Crippen molar-refractivity contribution >= 4 is 5.91 Å². The second kappa shape index (κ2) is 8.30. The average molecular weight is 451 g/mol. The summed E-state index contributed by atoms with van der Waals surface area (Å²) in [4.78, 5) is 12.6. The van der Waals surface area contributed by atoms with Gasteiger partial charge in [-0.15, -0.1) is 0 Å². The van der Waals surface area contributed by atoms with Crippen LogP contribution in [0.3, 0.4) is 0 Å². The highest BCUT2D eigenvalue weighted by atomic mass is 19.4. The highest BCUT2D eigenvalue weighted by Crippen LogP contribution is 2.42. The van der Waals surface area contributed by atoms with Crippen LogP contribution in [0.4, 0.5) is 30.7 Å². The van der Waals surface area contributed by atoms with Gasteiger partial charge < -0.3 is 5.32 Å². The van der Waals surface area contributed by atoms with Gasteiger partial charge >= 0.3 is 6.18 Å². The predicted octanol–water partition coefficient (Wildman–Crippen LogP) is 4.52. The minimum absolute atomic E-state index is 0.253. The minimum Gasteiger partial charge on any atom is -0.336 e. The van der Waals surface area contributed by atoms with Gasteiger partial charge in [-0.25, -0.2) is 17.6 Å². The Bertz CT molecular complexity index is 873. The maximum atomic E-state index is 14.4. The van der Waals surface area contributed by atoms with Crippen LogP contribution >= 0.6 is 0 Å². The van der Waals surface area contributed by atoms with Crippen LogP contribution in [0.25, 0.3) is 0 Å². The minimum atomic E-state index is -5.10. The molecule has 2 N–H and O–H groups in total. The Hall–Kier alpha value is -2.35. The van der Waals surface area contributed by atoms with Crippen LogP contribution in [-0.2, 0) is 4.79 Å². The summed E-state index contributed by atoms with van der Waals surface area (Å²) in [7, 11) is 0. The molecule has 1 aromatic carbocycles. The van der Waals surface area contributed by atoms with Gasteiger partial charge in [0.05, 0.1) is 12.1 Å². The zero-order valence-electron chi connectivity index (χ0n) is 16.2. The average Bonchev–Trinajstić information content (AvgIpc) is 3.58. The van der Waals surface area contributed by atoms with E-state index >= 15 is 0 Å². The fourth-order valence-corrected chi connectivity index (χ4v) is 3.34. The topological polar surface area (TPSA) is 64.9 Å². The molecule has 2 fully saturated rings. The molecule has 0 aromatic heterocycles. The standard InChI is InChI=1S/C20H20F7N3O/c21-13-4-3-12(7-14(13)22)16(20(25,26)27)29-15(9-19(23,24)8-11-1-2-11)17(31)30-18(10-28)5-6-18/h3-4,7,11,15-16,29H,1-2,5-6,8-9H2,(H,30,31)/t15-,16-/m0/s1. The summed E-state index contributed by atoms with van der Waals surface area (Å²) in [5.41, 5.74) is -2.05. The first-order valence-electron chi connectivity index (χ1n) is 9.73. The first-order chi connectivity index (χ1) is 14.3. The third kappa shape index (κ3) is 6.09. The summed E-state index contributed by atoms with van der Waals surface area (Å²) < 4.78 is 96.6. The van der Waals surface area contributed by atoms with Crippen molar-refractivity contribution in [2.24, 2.45) is 5.92 Å². The number of carbonyl (C=O) groups excluding carboxylic acids is 1. The third-order valence-corrected chi connectivity index (χ3v) is 5.40. The Morgan fingerprint density at radius 2 is 1.81 bits per heavy atom. The van der Waals surface area contributed by atoms with Gasteiger partial charge in [0.25, 0.3) is 0 Å². The van der Waals surface area contributed by atoms with Crippen molar-refractivity contribution in [3.63, 3.8) is 0 Å². The molecular weight excluding hydrogens is 431 g/mol. The van der Waals surface area contributed by atoms with Gasteiger partial charge in [-0.3, -0.25) is 10.1 Å². The van der Waals surface area contributed by atoms with E-state index in [4.69, 9.17) is 5.26 Å². The van der Waals surface area contributed by atoms with Gasteiger partial charge in [0.1, 0.15) is 11.6 Å². The van der Waals surface area contributed by atoms with Crippen molar-refractivity contribution in [1.82, 2.24) is 10.6 Å². The van der Waals surface area contributed by atoms with Crippen molar-refractivity contribution in [1.29, 1.82) is 5.26 Å². The van der Waals surface area contributed by atoms with Crippen LogP contribution in [-0.4, -0.2) is 29.6 Å². The van der Waals surface area contributed by atoms with Crippen molar-refractivity contribution in [2.75, 3.05) is 0 Å². The van der Waals surface area contributed by atoms with Gasteiger partial charge in [0.15, 0.2) is 11.6 Å². The molecule has 0 heterocycles. The normalized spacial score (nSPS) is 19.9. The van der Waals surface area contributed by atoms with Crippen molar-refractivity contribution in [3.05, 3.63) is 35.4 Å². The molecule has 2 aliphatic carbocycles. The van der Waals surface area contributed by atoms with Crippen LogP contribution in [0.15, 0.2) is 18.2 Å². The number of halogens is 7. The molecule has 2 aliphatic rings. The van der Waals surface area contributed by atoms with E-state index in [0.29, 0.717) is 31.0 Å². The van der Waals surface area contributed by atoms with E-state index < -0.39 is 65.7 Å². The van der Waals surface area contributed by atoms with Gasteiger partial charge in [-0.05, 0) is 49.3 Å². The molecule has 0 bridgehead atoms. The van der Waals surface area contributed by atoms with Crippen LogP contribution in [0.5, 0.6) is 0 Å². The molecule has 0 spiro atoms.